The van der Waals surface area contributed by atoms with Gasteiger partial charge in [-0.3, -0.25) is 19.8 Å². The molecule has 3 aromatic rings. The highest BCUT2D eigenvalue weighted by Gasteiger charge is 2.36. The van der Waals surface area contributed by atoms with Crippen LogP contribution in [0.5, 0.6) is 5.75 Å². The molecule has 0 unspecified atom stereocenters. The van der Waals surface area contributed by atoms with Gasteiger partial charge in [0.05, 0.1) is 17.3 Å². The normalized spacial score (nSPS) is 15.2. The van der Waals surface area contributed by atoms with Crippen LogP contribution in [0.1, 0.15) is 22.5 Å². The summed E-state index contributed by atoms with van der Waals surface area (Å²) in [6.45, 7) is 2.36. The molecule has 0 bridgehead atoms. The lowest BCUT2D eigenvalue weighted by Crippen LogP contribution is -2.53. The molecular formula is C24H19BrN2O5. The predicted octanol–water partition coefficient (Wildman–Crippen LogP) is 4.59. The maximum absolute atomic E-state index is 12.8. The molecule has 0 saturated carbocycles. The van der Waals surface area contributed by atoms with E-state index in [1.165, 1.54) is 17.9 Å². The summed E-state index contributed by atoms with van der Waals surface area (Å²) in [4.78, 5) is 38.2. The number of imide groups is 2. The Morgan fingerprint density at radius 2 is 1.88 bits per heavy atom. The molecule has 1 fully saturated rings. The van der Waals surface area contributed by atoms with Crippen LogP contribution in [0.4, 0.5) is 4.79 Å². The Hall–Kier alpha value is -3.65. The van der Waals surface area contributed by atoms with E-state index in [9.17, 15) is 14.4 Å². The van der Waals surface area contributed by atoms with Crippen LogP contribution in [0.3, 0.4) is 0 Å². The summed E-state index contributed by atoms with van der Waals surface area (Å²) in [6.07, 6.45) is 2.89. The van der Waals surface area contributed by atoms with Crippen molar-refractivity contribution in [3.63, 3.8) is 0 Å². The van der Waals surface area contributed by atoms with Crippen molar-refractivity contribution in [1.29, 1.82) is 0 Å². The number of rotatable bonds is 6. The first-order chi connectivity index (χ1) is 15.4. The van der Waals surface area contributed by atoms with E-state index < -0.39 is 17.8 Å². The Morgan fingerprint density at radius 3 is 2.56 bits per heavy atom. The van der Waals surface area contributed by atoms with Crippen LogP contribution in [0.25, 0.3) is 6.08 Å². The molecule has 4 amide bonds. The molecule has 1 aromatic heterocycles. The summed E-state index contributed by atoms with van der Waals surface area (Å²) in [5.74, 6) is -0.376. The lowest BCUT2D eigenvalue weighted by Gasteiger charge is -2.25. The summed E-state index contributed by atoms with van der Waals surface area (Å²) in [5, 5.41) is 2.19. The molecule has 4 rings (SSSR count). The minimum atomic E-state index is -0.783. The Labute approximate surface area is 192 Å². The van der Waals surface area contributed by atoms with Gasteiger partial charge in [-0.05, 0) is 64.3 Å². The topological polar surface area (TPSA) is 88.8 Å². The lowest BCUT2D eigenvalue weighted by molar-refractivity contribution is -0.130. The van der Waals surface area contributed by atoms with Gasteiger partial charge in [0.2, 0.25) is 0 Å². The van der Waals surface area contributed by atoms with Gasteiger partial charge in [0.15, 0.2) is 0 Å². The number of urea groups is 1. The number of furan rings is 1. The second-order valence-electron chi connectivity index (χ2n) is 7.25. The fourth-order valence-corrected chi connectivity index (χ4v) is 3.64. The molecule has 7 nitrogen and oxygen atoms in total. The molecule has 0 spiro atoms. The molecule has 0 radical (unpaired) electrons. The number of nitrogens with zero attached hydrogens (tertiary/aromatic N) is 1. The fraction of sp³-hybridized carbons (Fsp3) is 0.125. The van der Waals surface area contributed by atoms with Gasteiger partial charge in [-0.15, -0.1) is 0 Å². The van der Waals surface area contributed by atoms with Crippen molar-refractivity contribution in [1.82, 2.24) is 10.2 Å². The van der Waals surface area contributed by atoms with Crippen molar-refractivity contribution >= 4 is 39.9 Å². The van der Waals surface area contributed by atoms with Crippen LogP contribution < -0.4 is 10.1 Å². The first kappa shape index (κ1) is 21.6. The molecule has 2 aromatic carbocycles. The van der Waals surface area contributed by atoms with E-state index in [1.54, 1.807) is 30.3 Å². The second kappa shape index (κ2) is 9.23. The minimum absolute atomic E-state index is 0.0717. The van der Waals surface area contributed by atoms with E-state index in [2.05, 4.69) is 21.2 Å². The van der Waals surface area contributed by atoms with E-state index in [4.69, 9.17) is 9.15 Å². The molecule has 2 heterocycles. The second-order valence-corrected chi connectivity index (χ2v) is 8.11. The number of benzene rings is 2. The Bertz CT molecular complexity index is 1200. The van der Waals surface area contributed by atoms with Gasteiger partial charge < -0.3 is 9.15 Å². The number of ether oxygens (including phenoxy) is 1. The average Bonchev–Trinajstić information content (AvgIpc) is 3.28. The van der Waals surface area contributed by atoms with Crippen molar-refractivity contribution in [2.45, 2.75) is 20.1 Å². The van der Waals surface area contributed by atoms with E-state index in [-0.39, 0.29) is 12.1 Å². The van der Waals surface area contributed by atoms with Crippen molar-refractivity contribution < 1.29 is 23.5 Å². The molecule has 0 aliphatic carbocycles. The number of amides is 4. The summed E-state index contributed by atoms with van der Waals surface area (Å²) >= 11 is 3.47. The monoisotopic (exact) mass is 494 g/mol. The molecule has 8 heteroatoms. The molecular weight excluding hydrogens is 476 g/mol. The summed E-state index contributed by atoms with van der Waals surface area (Å²) in [6, 6.07) is 15.8. The standard InChI is InChI=1S/C24H19BrN2O5/c1-15-4-6-16(7-5-15)14-32-21-9-8-17(12-20(21)25)11-19-22(28)26-24(30)27(23(19)29)13-18-3-2-10-31-18/h2-12H,13-14H2,1H3,(H,26,28,30)/b19-11+. The average molecular weight is 495 g/mol. The van der Waals surface area contributed by atoms with E-state index in [0.717, 1.165) is 10.5 Å². The number of hydrogen-bond donors (Lipinski definition) is 1. The minimum Gasteiger partial charge on any atom is -0.488 e. The quantitative estimate of drug-likeness (QED) is 0.399. The van der Waals surface area contributed by atoms with Crippen LogP contribution in [0.2, 0.25) is 0 Å². The molecule has 32 heavy (non-hydrogen) atoms. The van der Waals surface area contributed by atoms with Crippen LogP contribution in [-0.4, -0.2) is 22.7 Å². The number of carbonyl (C=O) groups excluding carboxylic acids is 3. The highest BCUT2D eigenvalue weighted by atomic mass is 79.9. The van der Waals surface area contributed by atoms with Crippen LogP contribution in [0, 0.1) is 6.92 Å². The third-order valence-electron chi connectivity index (χ3n) is 4.86. The molecule has 1 aliphatic heterocycles. The van der Waals surface area contributed by atoms with E-state index in [0.29, 0.717) is 28.2 Å². The van der Waals surface area contributed by atoms with E-state index >= 15 is 0 Å². The highest BCUT2D eigenvalue weighted by Crippen LogP contribution is 2.28. The van der Waals surface area contributed by atoms with Crippen molar-refractivity contribution in [2.24, 2.45) is 0 Å². The summed E-state index contributed by atoms with van der Waals surface area (Å²) in [7, 11) is 0. The van der Waals surface area contributed by atoms with E-state index in [1.807, 2.05) is 31.2 Å². The predicted molar refractivity (Wildman–Crippen MR) is 120 cm³/mol. The zero-order valence-electron chi connectivity index (χ0n) is 17.1. The largest absolute Gasteiger partial charge is 0.488 e. The van der Waals surface area contributed by atoms with Gasteiger partial charge in [-0.1, -0.05) is 35.9 Å². The fourth-order valence-electron chi connectivity index (χ4n) is 3.13. The van der Waals surface area contributed by atoms with Gasteiger partial charge in [0.1, 0.15) is 23.7 Å². The summed E-state index contributed by atoms with van der Waals surface area (Å²) < 4.78 is 11.7. The zero-order chi connectivity index (χ0) is 22.7. The number of barbiturate groups is 1. The number of hydrogen-bond acceptors (Lipinski definition) is 5. The number of halogens is 1. The van der Waals surface area contributed by atoms with Crippen LogP contribution in [-0.2, 0) is 22.7 Å². The van der Waals surface area contributed by atoms with Crippen molar-refractivity contribution in [3.05, 3.63) is 93.4 Å². The molecule has 162 valence electrons. The first-order valence-electron chi connectivity index (χ1n) is 9.80. The van der Waals surface area contributed by atoms with Gasteiger partial charge >= 0.3 is 6.03 Å². The molecule has 0 atom stereocenters. The van der Waals surface area contributed by atoms with Crippen LogP contribution >= 0.6 is 15.9 Å². The Morgan fingerprint density at radius 1 is 1.09 bits per heavy atom. The maximum atomic E-state index is 12.8. The molecule has 1 saturated heterocycles. The van der Waals surface area contributed by atoms with Gasteiger partial charge in [0.25, 0.3) is 11.8 Å². The maximum Gasteiger partial charge on any atom is 0.331 e. The molecule has 1 N–H and O–H groups in total. The van der Waals surface area contributed by atoms with Crippen molar-refractivity contribution in [3.8, 4) is 5.75 Å². The number of nitrogens with one attached hydrogen (secondary N) is 1. The Kier molecular flexibility index (Phi) is 6.23. The number of carbonyl (C=O) groups is 3. The Balaban J connectivity index is 1.50. The third kappa shape index (κ3) is 4.81. The third-order valence-corrected chi connectivity index (χ3v) is 5.48. The highest BCUT2D eigenvalue weighted by molar-refractivity contribution is 9.10. The lowest BCUT2D eigenvalue weighted by atomic mass is 10.1. The van der Waals surface area contributed by atoms with Crippen molar-refractivity contribution in [2.75, 3.05) is 0 Å². The molecule has 1 aliphatic rings. The zero-order valence-corrected chi connectivity index (χ0v) is 18.7. The SMILES string of the molecule is Cc1ccc(COc2ccc(/C=C3\C(=O)NC(=O)N(Cc4ccco4)C3=O)cc2Br)cc1. The number of aryl methyl sites for hydroxylation is 1. The first-order valence-corrected chi connectivity index (χ1v) is 10.6. The van der Waals surface area contributed by atoms with Gasteiger partial charge in [-0.2, -0.15) is 0 Å². The smallest absolute Gasteiger partial charge is 0.331 e. The summed E-state index contributed by atoms with van der Waals surface area (Å²) in [5.41, 5.74) is 2.68. The van der Waals surface area contributed by atoms with Gasteiger partial charge in [-0.25, -0.2) is 4.79 Å². The van der Waals surface area contributed by atoms with Gasteiger partial charge in [0, 0.05) is 0 Å². The van der Waals surface area contributed by atoms with Crippen LogP contribution in [0.15, 0.2) is 75.3 Å².